The number of piperidine rings is 1. The molecule has 0 aromatic carbocycles. The van der Waals surface area contributed by atoms with Crippen molar-refractivity contribution in [3.05, 3.63) is 47.1 Å². The van der Waals surface area contributed by atoms with Gasteiger partial charge in [0.25, 0.3) is 5.91 Å². The number of halogens is 1. The molecule has 1 atom stereocenters. The zero-order valence-electron chi connectivity index (χ0n) is 20.9. The maximum atomic E-state index is 14.3. The van der Waals surface area contributed by atoms with E-state index in [2.05, 4.69) is 25.5 Å². The van der Waals surface area contributed by atoms with Crippen LogP contribution in [0.15, 0.2) is 18.3 Å². The van der Waals surface area contributed by atoms with Crippen molar-refractivity contribution >= 4 is 11.8 Å². The summed E-state index contributed by atoms with van der Waals surface area (Å²) >= 11 is 0. The summed E-state index contributed by atoms with van der Waals surface area (Å²) < 4.78 is 21.4. The van der Waals surface area contributed by atoms with E-state index in [9.17, 15) is 14.0 Å². The number of amides is 2. The topological polar surface area (TPSA) is 118 Å². The number of carbonyl (C=O) groups is 2. The molecule has 4 heterocycles. The second-order valence-corrected chi connectivity index (χ2v) is 9.72. The number of aromatic nitrogens is 5. The fraction of sp³-hybridized carbons (Fsp3) is 0.480. The van der Waals surface area contributed by atoms with Gasteiger partial charge in [0.15, 0.2) is 11.5 Å². The average Bonchev–Trinajstić information content (AvgIpc) is 3.36. The molecule has 2 fully saturated rings. The number of methoxy groups -OCH3 is 1. The molecule has 11 heteroatoms. The Morgan fingerprint density at radius 1 is 1.31 bits per heavy atom. The number of aromatic amines is 1. The van der Waals surface area contributed by atoms with E-state index in [1.54, 1.807) is 6.07 Å². The van der Waals surface area contributed by atoms with Crippen molar-refractivity contribution in [1.82, 2.24) is 34.9 Å². The zero-order valence-corrected chi connectivity index (χ0v) is 20.9. The number of aryl methyl sites for hydroxylation is 1. The van der Waals surface area contributed by atoms with E-state index in [-0.39, 0.29) is 40.4 Å². The number of ether oxygens (including phenoxy) is 1. The number of nitrogens with zero attached hydrogens (tertiary/aromatic N) is 5. The Morgan fingerprint density at radius 3 is 2.75 bits per heavy atom. The van der Waals surface area contributed by atoms with Gasteiger partial charge in [-0.05, 0) is 45.6 Å². The van der Waals surface area contributed by atoms with E-state index in [1.165, 1.54) is 13.2 Å². The Kier molecular flexibility index (Phi) is 6.01. The third kappa shape index (κ3) is 4.22. The van der Waals surface area contributed by atoms with Gasteiger partial charge in [-0.15, -0.1) is 0 Å². The van der Waals surface area contributed by atoms with E-state index in [0.717, 1.165) is 36.3 Å². The van der Waals surface area contributed by atoms with Crippen LogP contribution in [0.25, 0.3) is 11.3 Å². The number of likely N-dealkylation sites (tertiary alicyclic amines) is 1. The van der Waals surface area contributed by atoms with Crippen molar-refractivity contribution in [2.45, 2.75) is 51.6 Å². The molecule has 1 saturated carbocycles. The van der Waals surface area contributed by atoms with E-state index in [4.69, 9.17) is 4.74 Å². The summed E-state index contributed by atoms with van der Waals surface area (Å²) in [6.07, 6.45) is 3.98. The monoisotopic (exact) mass is 495 g/mol. The minimum Gasteiger partial charge on any atom is -0.481 e. The van der Waals surface area contributed by atoms with Crippen LogP contribution in [0, 0.1) is 25.6 Å². The van der Waals surface area contributed by atoms with Crippen molar-refractivity contribution < 1.29 is 18.7 Å². The lowest BCUT2D eigenvalue weighted by atomic mass is 9.88. The molecule has 3 aromatic rings. The molecule has 190 valence electrons. The lowest BCUT2D eigenvalue weighted by Crippen LogP contribution is -2.50. The summed E-state index contributed by atoms with van der Waals surface area (Å²) in [6, 6.07) is 3.00. The molecular weight excluding hydrogens is 465 g/mol. The van der Waals surface area contributed by atoms with Gasteiger partial charge in [-0.3, -0.25) is 14.7 Å². The smallest absolute Gasteiger partial charge is 0.274 e. The molecule has 1 aliphatic heterocycles. The van der Waals surface area contributed by atoms with Gasteiger partial charge in [-0.2, -0.15) is 5.10 Å². The lowest BCUT2D eigenvalue weighted by Gasteiger charge is -2.39. The van der Waals surface area contributed by atoms with Crippen LogP contribution in [0.1, 0.15) is 53.4 Å². The number of imidazole rings is 1. The number of hydrogen-bond donors (Lipinski definition) is 2. The van der Waals surface area contributed by atoms with E-state index in [1.807, 2.05) is 30.4 Å². The van der Waals surface area contributed by atoms with Crippen LogP contribution in [0.2, 0.25) is 0 Å². The van der Waals surface area contributed by atoms with Gasteiger partial charge in [-0.25, -0.2) is 14.4 Å². The van der Waals surface area contributed by atoms with Crippen LogP contribution < -0.4 is 10.1 Å². The van der Waals surface area contributed by atoms with Gasteiger partial charge in [-0.1, -0.05) is 0 Å². The number of nitrogens with one attached hydrogen (secondary N) is 2. The molecule has 0 radical (unpaired) electrons. The molecular formula is C25H30FN7O3. The number of hydrogen-bond acceptors (Lipinski definition) is 6. The first-order chi connectivity index (χ1) is 17.2. The van der Waals surface area contributed by atoms with Gasteiger partial charge in [0, 0.05) is 42.4 Å². The van der Waals surface area contributed by atoms with Crippen molar-refractivity contribution in [2.24, 2.45) is 13.0 Å². The highest BCUT2D eigenvalue weighted by Crippen LogP contribution is 2.50. The first kappa shape index (κ1) is 24.0. The van der Waals surface area contributed by atoms with Crippen LogP contribution in [-0.4, -0.2) is 60.6 Å². The Bertz CT molecular complexity index is 1330. The largest absolute Gasteiger partial charge is 0.481 e. The van der Waals surface area contributed by atoms with E-state index < -0.39 is 5.82 Å². The number of carbonyl (C=O) groups excluding carboxylic acids is 2. The highest BCUT2D eigenvalue weighted by atomic mass is 19.1. The number of rotatable bonds is 6. The molecule has 2 aliphatic rings. The highest BCUT2D eigenvalue weighted by molar-refractivity contribution is 5.94. The molecule has 3 aromatic heterocycles. The fourth-order valence-corrected chi connectivity index (χ4v) is 5.05. The summed E-state index contributed by atoms with van der Waals surface area (Å²) in [4.78, 5) is 36.5. The van der Waals surface area contributed by atoms with Gasteiger partial charge < -0.3 is 19.5 Å². The van der Waals surface area contributed by atoms with Crippen molar-refractivity contribution in [2.75, 3.05) is 13.7 Å². The summed E-state index contributed by atoms with van der Waals surface area (Å²) in [7, 11) is 3.39. The normalized spacial score (nSPS) is 18.4. The Morgan fingerprint density at radius 2 is 2.08 bits per heavy atom. The summed E-state index contributed by atoms with van der Waals surface area (Å²) in [5.41, 5.74) is 2.53. The van der Waals surface area contributed by atoms with Crippen LogP contribution in [0.4, 0.5) is 4.39 Å². The standard InChI is InChI=1S/C25H30FN7O3/c1-14-15(2)32(3)21(29-14)13-28-23(34)16-5-8-33(25(11-16)6-7-25)24(35)20-10-19(30-31-20)17-9-22(36-4)27-12-18(17)26/h9-10,12,16H,5-8,11,13H2,1-4H3,(H,28,34)(H,30,31)/t16-/m0/s1. The molecule has 1 aliphatic carbocycles. The SMILES string of the molecule is COc1cc(-c2cc(C(=O)N3CC[C@H](C(=O)NCc4nc(C)c(C)n4C)CC34CC4)n[nH]2)c(F)cn1. The van der Waals surface area contributed by atoms with E-state index >= 15 is 0 Å². The lowest BCUT2D eigenvalue weighted by molar-refractivity contribution is -0.127. The second kappa shape index (κ2) is 9.03. The first-order valence-corrected chi connectivity index (χ1v) is 12.1. The van der Waals surface area contributed by atoms with Crippen LogP contribution in [-0.2, 0) is 18.4 Å². The molecule has 0 unspecified atom stereocenters. The maximum absolute atomic E-state index is 14.3. The third-order valence-corrected chi connectivity index (χ3v) is 7.60. The predicted molar refractivity (Wildman–Crippen MR) is 129 cm³/mol. The molecule has 2 amide bonds. The zero-order chi connectivity index (χ0) is 25.6. The molecule has 10 nitrogen and oxygen atoms in total. The third-order valence-electron chi connectivity index (χ3n) is 7.60. The van der Waals surface area contributed by atoms with Gasteiger partial charge in [0.2, 0.25) is 11.8 Å². The molecule has 5 rings (SSSR count). The predicted octanol–water partition coefficient (Wildman–Crippen LogP) is 2.67. The van der Waals surface area contributed by atoms with Gasteiger partial charge in [0.1, 0.15) is 5.82 Å². The van der Waals surface area contributed by atoms with Gasteiger partial charge >= 0.3 is 0 Å². The number of pyridine rings is 1. The molecule has 1 spiro atoms. The minimum absolute atomic E-state index is 0.00385. The highest BCUT2D eigenvalue weighted by Gasteiger charge is 2.54. The maximum Gasteiger partial charge on any atom is 0.274 e. The number of H-pyrrole nitrogens is 1. The summed E-state index contributed by atoms with van der Waals surface area (Å²) in [6.45, 7) is 4.81. The second-order valence-electron chi connectivity index (χ2n) is 9.72. The summed E-state index contributed by atoms with van der Waals surface area (Å²) in [5.74, 6) is 0.168. The quantitative estimate of drug-likeness (QED) is 0.543. The van der Waals surface area contributed by atoms with Crippen molar-refractivity contribution in [3.63, 3.8) is 0 Å². The van der Waals surface area contributed by atoms with Crippen molar-refractivity contribution in [1.29, 1.82) is 0 Å². The Labute approximate surface area is 208 Å². The Hall–Kier alpha value is -3.76. The molecule has 1 saturated heterocycles. The van der Waals surface area contributed by atoms with Gasteiger partial charge in [0.05, 0.1) is 31.2 Å². The fourth-order valence-electron chi connectivity index (χ4n) is 5.05. The first-order valence-electron chi connectivity index (χ1n) is 12.1. The average molecular weight is 496 g/mol. The molecule has 2 N–H and O–H groups in total. The summed E-state index contributed by atoms with van der Waals surface area (Å²) in [5, 5.41) is 9.95. The van der Waals surface area contributed by atoms with Crippen LogP contribution in [0.3, 0.4) is 0 Å². The molecule has 36 heavy (non-hydrogen) atoms. The van der Waals surface area contributed by atoms with Crippen LogP contribution in [0.5, 0.6) is 5.88 Å². The van der Waals surface area contributed by atoms with Crippen molar-refractivity contribution in [3.8, 4) is 17.1 Å². The Balaban J connectivity index is 1.25. The minimum atomic E-state index is -0.542. The van der Waals surface area contributed by atoms with E-state index in [0.29, 0.717) is 31.6 Å². The molecule has 0 bridgehead atoms. The van der Waals surface area contributed by atoms with Crippen LogP contribution >= 0.6 is 0 Å².